The number of carbonyl (C=O) groups excluding carboxylic acids is 1. The van der Waals surface area contributed by atoms with Crippen LogP contribution in [0.1, 0.15) is 32.8 Å². The molecular weight excluding hydrogens is 364 g/mol. The van der Waals surface area contributed by atoms with Gasteiger partial charge >= 0.3 is 6.09 Å². The zero-order valence-corrected chi connectivity index (χ0v) is 16.3. The van der Waals surface area contributed by atoms with Crippen LogP contribution in [0.4, 0.5) is 4.79 Å². The third-order valence-corrected chi connectivity index (χ3v) is 4.98. The Morgan fingerprint density at radius 3 is 2.74 bits per heavy atom. The topological polar surface area (TPSA) is 96.7 Å². The number of carbonyl (C=O) groups is 1. The molecule has 0 bridgehead atoms. The zero-order chi connectivity index (χ0) is 19.5. The van der Waals surface area contributed by atoms with Crippen molar-refractivity contribution in [3.63, 3.8) is 0 Å². The second-order valence-corrected chi connectivity index (χ2v) is 8.04. The van der Waals surface area contributed by atoms with E-state index in [9.17, 15) is 9.90 Å². The van der Waals surface area contributed by atoms with Crippen molar-refractivity contribution < 1.29 is 14.6 Å². The lowest BCUT2D eigenvalue weighted by atomic mass is 9.88. The molecule has 1 aromatic heterocycles. The highest BCUT2D eigenvalue weighted by Gasteiger charge is 2.31. The van der Waals surface area contributed by atoms with E-state index in [0.29, 0.717) is 5.17 Å². The largest absolute Gasteiger partial charge is 0.417 e. The predicted molar refractivity (Wildman–Crippen MR) is 105 cm³/mol. The first-order valence-corrected chi connectivity index (χ1v) is 9.55. The molecule has 1 amide bonds. The summed E-state index contributed by atoms with van der Waals surface area (Å²) in [5.41, 5.74) is 2.51. The molecular formula is C19H22N4O3S. The van der Waals surface area contributed by atoms with Crippen molar-refractivity contribution in [2.45, 2.75) is 38.5 Å². The number of nitrogens with one attached hydrogen (secondary N) is 1. The number of amidine groups is 1. The molecule has 27 heavy (non-hydrogen) atoms. The van der Waals surface area contributed by atoms with Gasteiger partial charge in [0.2, 0.25) is 5.79 Å². The number of nitrogens with zero attached hydrogens (tertiary/aromatic N) is 3. The summed E-state index contributed by atoms with van der Waals surface area (Å²) in [6.07, 6.45) is 5.15. The van der Waals surface area contributed by atoms with Gasteiger partial charge in [-0.15, -0.1) is 0 Å². The summed E-state index contributed by atoms with van der Waals surface area (Å²) in [4.78, 5) is 24.8. The molecule has 0 aliphatic carbocycles. The second-order valence-electron chi connectivity index (χ2n) is 6.96. The number of aromatic nitrogens is 2. The van der Waals surface area contributed by atoms with Crippen molar-refractivity contribution >= 4 is 23.0 Å². The van der Waals surface area contributed by atoms with Crippen LogP contribution in [0.25, 0.3) is 11.1 Å². The van der Waals surface area contributed by atoms with Crippen molar-refractivity contribution in [3.8, 4) is 11.1 Å². The average Bonchev–Trinajstić information content (AvgIpc) is 2.61. The molecule has 1 aromatic carbocycles. The van der Waals surface area contributed by atoms with Gasteiger partial charge in [0.15, 0.2) is 5.17 Å². The Bertz CT molecular complexity index is 852. The number of thioether (sulfide) groups is 1. The highest BCUT2D eigenvalue weighted by Crippen LogP contribution is 2.36. The molecule has 7 nitrogen and oxygen atoms in total. The fourth-order valence-corrected chi connectivity index (χ4v) is 3.87. The Morgan fingerprint density at radius 2 is 2.04 bits per heavy atom. The molecule has 142 valence electrons. The van der Waals surface area contributed by atoms with E-state index in [4.69, 9.17) is 9.73 Å². The molecule has 1 atom stereocenters. The van der Waals surface area contributed by atoms with Crippen molar-refractivity contribution in [2.24, 2.45) is 4.99 Å². The molecule has 8 heteroatoms. The Morgan fingerprint density at radius 1 is 1.30 bits per heavy atom. The van der Waals surface area contributed by atoms with Crippen LogP contribution in [0.2, 0.25) is 0 Å². The summed E-state index contributed by atoms with van der Waals surface area (Å²) in [6, 6.07) is 8.09. The van der Waals surface area contributed by atoms with Crippen LogP contribution in [0.3, 0.4) is 0 Å². The van der Waals surface area contributed by atoms with E-state index in [0.717, 1.165) is 28.9 Å². The molecule has 0 radical (unpaired) electrons. The standard InChI is InChI=1S/C19H22N4O3S/c1-18(2,25)26-17(24)22-16-23-19(3,7-8-27-16)15-6-4-5-13(9-15)14-10-20-12-21-11-14/h4-6,9-12,25H,7-8H2,1-3H3,(H,22,23,24). The molecule has 0 fully saturated rings. The van der Waals surface area contributed by atoms with Crippen molar-refractivity contribution in [1.29, 1.82) is 0 Å². The molecule has 2 aromatic rings. The summed E-state index contributed by atoms with van der Waals surface area (Å²) in [6.45, 7) is 4.83. The van der Waals surface area contributed by atoms with E-state index in [1.54, 1.807) is 12.4 Å². The van der Waals surface area contributed by atoms with Crippen molar-refractivity contribution in [3.05, 3.63) is 48.5 Å². The number of amides is 1. The van der Waals surface area contributed by atoms with E-state index in [2.05, 4.69) is 21.4 Å². The highest BCUT2D eigenvalue weighted by atomic mass is 32.2. The molecule has 1 aliphatic rings. The SMILES string of the molecule is CC(C)(O)OC(=O)NC1=NC(C)(c2cccc(-c3cncnc3)c2)CCS1. The average molecular weight is 386 g/mol. The Hall–Kier alpha value is -2.45. The zero-order valence-electron chi connectivity index (χ0n) is 15.5. The van der Waals surface area contributed by atoms with Crippen LogP contribution in [0.15, 0.2) is 48.0 Å². The molecule has 0 saturated heterocycles. The highest BCUT2D eigenvalue weighted by molar-refractivity contribution is 8.13. The second kappa shape index (κ2) is 7.66. The fraction of sp³-hybridized carbons (Fsp3) is 0.368. The van der Waals surface area contributed by atoms with Gasteiger partial charge in [-0.3, -0.25) is 10.3 Å². The monoisotopic (exact) mass is 386 g/mol. The van der Waals surface area contributed by atoms with E-state index < -0.39 is 17.4 Å². The van der Waals surface area contributed by atoms with Gasteiger partial charge in [0, 0.05) is 37.6 Å². The number of ether oxygens (including phenoxy) is 1. The van der Waals surface area contributed by atoms with Crippen LogP contribution in [-0.2, 0) is 10.3 Å². The normalized spacial score (nSPS) is 19.9. The Balaban J connectivity index is 1.84. The molecule has 0 saturated carbocycles. The minimum absolute atomic E-state index is 0.478. The van der Waals surface area contributed by atoms with Crippen LogP contribution >= 0.6 is 11.8 Å². The lowest BCUT2D eigenvalue weighted by molar-refractivity contribution is -0.130. The first-order chi connectivity index (χ1) is 12.8. The molecule has 2 heterocycles. The molecule has 2 N–H and O–H groups in total. The Kier molecular flexibility index (Phi) is 5.48. The van der Waals surface area contributed by atoms with Crippen LogP contribution in [0.5, 0.6) is 0 Å². The number of aliphatic imine (C=N–C) groups is 1. The maximum atomic E-state index is 11.9. The molecule has 3 rings (SSSR count). The lowest BCUT2D eigenvalue weighted by Gasteiger charge is -2.31. The number of alkyl carbamates (subject to hydrolysis) is 1. The van der Waals surface area contributed by atoms with Crippen molar-refractivity contribution in [2.75, 3.05) is 5.75 Å². The van der Waals surface area contributed by atoms with Gasteiger partial charge in [-0.25, -0.2) is 14.8 Å². The smallest absolute Gasteiger partial charge is 0.415 e. The third-order valence-electron chi connectivity index (χ3n) is 4.11. The van der Waals surface area contributed by atoms with Gasteiger partial charge in [0.05, 0.1) is 5.54 Å². The summed E-state index contributed by atoms with van der Waals surface area (Å²) < 4.78 is 4.89. The molecule has 0 spiro atoms. The predicted octanol–water partition coefficient (Wildman–Crippen LogP) is 3.31. The van der Waals surface area contributed by atoms with Crippen LogP contribution in [-0.4, -0.2) is 37.9 Å². The number of hydrogen-bond donors (Lipinski definition) is 2. The fourth-order valence-electron chi connectivity index (χ4n) is 2.75. The number of hydrogen-bond acceptors (Lipinski definition) is 7. The van der Waals surface area contributed by atoms with E-state index >= 15 is 0 Å². The van der Waals surface area contributed by atoms with E-state index in [1.807, 2.05) is 25.1 Å². The summed E-state index contributed by atoms with van der Waals surface area (Å²) >= 11 is 1.45. The van der Waals surface area contributed by atoms with Crippen molar-refractivity contribution in [1.82, 2.24) is 15.3 Å². The minimum Gasteiger partial charge on any atom is -0.417 e. The summed E-state index contributed by atoms with van der Waals surface area (Å²) in [7, 11) is 0. The van der Waals surface area contributed by atoms with Crippen LogP contribution in [0, 0.1) is 0 Å². The third kappa shape index (κ3) is 5.05. The van der Waals surface area contributed by atoms with Gasteiger partial charge in [-0.1, -0.05) is 30.0 Å². The maximum Gasteiger partial charge on any atom is 0.415 e. The van der Waals surface area contributed by atoms with E-state index in [1.165, 1.54) is 31.9 Å². The van der Waals surface area contributed by atoms with E-state index in [-0.39, 0.29) is 0 Å². The first-order valence-electron chi connectivity index (χ1n) is 8.56. The van der Waals surface area contributed by atoms with Gasteiger partial charge in [0.25, 0.3) is 0 Å². The van der Waals surface area contributed by atoms with Gasteiger partial charge in [-0.2, -0.15) is 0 Å². The maximum absolute atomic E-state index is 11.9. The van der Waals surface area contributed by atoms with Gasteiger partial charge in [-0.05, 0) is 30.5 Å². The Labute approximate surface area is 162 Å². The molecule has 1 unspecified atom stereocenters. The van der Waals surface area contributed by atoms with Crippen LogP contribution < -0.4 is 5.32 Å². The first kappa shape index (κ1) is 19.3. The molecule has 1 aliphatic heterocycles. The number of benzene rings is 1. The summed E-state index contributed by atoms with van der Waals surface area (Å²) in [5, 5.41) is 12.7. The summed E-state index contributed by atoms with van der Waals surface area (Å²) in [5.74, 6) is -0.740. The van der Waals surface area contributed by atoms with Gasteiger partial charge in [0.1, 0.15) is 6.33 Å². The quantitative estimate of drug-likeness (QED) is 0.786. The van der Waals surface area contributed by atoms with Gasteiger partial charge < -0.3 is 9.84 Å². The number of rotatable bonds is 3. The minimum atomic E-state index is -1.54. The number of aliphatic hydroxyl groups is 1. The lowest BCUT2D eigenvalue weighted by Crippen LogP contribution is -2.39.